The van der Waals surface area contributed by atoms with Gasteiger partial charge in [0.2, 0.25) is 6.33 Å². The number of aliphatic hydroxyl groups is 1. The fraction of sp³-hybridized carbons (Fsp3) is 0.444. The topological polar surface area (TPSA) is 112 Å². The maximum absolute atomic E-state index is 12.5. The number of alkyl halides is 1. The fourth-order valence-electron chi connectivity index (χ4n) is 1.48. The highest BCUT2D eigenvalue weighted by Gasteiger charge is 2.14. The molecule has 0 bridgehead atoms. The second-order valence-corrected chi connectivity index (χ2v) is 3.84. The highest BCUT2D eigenvalue weighted by Crippen LogP contribution is 2.09. The van der Waals surface area contributed by atoms with Crippen molar-refractivity contribution in [3.8, 4) is 0 Å². The van der Waals surface area contributed by atoms with Gasteiger partial charge in [0.15, 0.2) is 0 Å². The molecule has 0 saturated heterocycles. The lowest BCUT2D eigenvalue weighted by Gasteiger charge is -2.07. The van der Waals surface area contributed by atoms with Crippen LogP contribution in [0.4, 0.5) is 10.2 Å². The van der Waals surface area contributed by atoms with Crippen molar-refractivity contribution >= 4 is 5.82 Å². The standard InChI is InChI=1S/C9H11FN6O3/c10-1-8(5-17)15-3-7(12-13-15)2-14-4-9(11-6-14)16(18)19/h3-4,6,8,17H,1-2,5H2. The van der Waals surface area contributed by atoms with Crippen LogP contribution in [0, 0.1) is 10.1 Å². The van der Waals surface area contributed by atoms with Gasteiger partial charge < -0.3 is 19.8 Å². The monoisotopic (exact) mass is 270 g/mol. The molecular formula is C9H11FN6O3. The third-order valence-corrected chi connectivity index (χ3v) is 2.47. The van der Waals surface area contributed by atoms with E-state index in [0.29, 0.717) is 5.69 Å². The Morgan fingerprint density at radius 1 is 1.53 bits per heavy atom. The molecule has 0 fully saturated rings. The first-order chi connectivity index (χ1) is 9.13. The molecule has 2 rings (SSSR count). The summed E-state index contributed by atoms with van der Waals surface area (Å²) in [6.07, 6.45) is 4.04. The lowest BCUT2D eigenvalue weighted by molar-refractivity contribution is -0.389. The predicted octanol–water partition coefficient (Wildman–Crippen LogP) is -0.0660. The van der Waals surface area contributed by atoms with E-state index >= 15 is 0 Å². The fourth-order valence-corrected chi connectivity index (χ4v) is 1.48. The zero-order chi connectivity index (χ0) is 13.8. The minimum Gasteiger partial charge on any atom is -0.394 e. The van der Waals surface area contributed by atoms with Gasteiger partial charge in [-0.25, -0.2) is 9.07 Å². The lowest BCUT2D eigenvalue weighted by Crippen LogP contribution is -2.15. The molecule has 0 amide bonds. The Labute approximate surface area is 106 Å². The van der Waals surface area contributed by atoms with E-state index < -0.39 is 17.6 Å². The Kier molecular flexibility index (Phi) is 3.80. The molecule has 0 aromatic carbocycles. The van der Waals surface area contributed by atoms with Crippen LogP contribution in [0.15, 0.2) is 18.7 Å². The SMILES string of the molecule is O=[N+]([O-])c1cn(Cc2cn(C(CO)CF)nn2)cn1. The largest absolute Gasteiger partial charge is 0.394 e. The summed E-state index contributed by atoms with van der Waals surface area (Å²) < 4.78 is 15.2. The first kappa shape index (κ1) is 13.1. The van der Waals surface area contributed by atoms with E-state index in [-0.39, 0.29) is 19.0 Å². The average molecular weight is 270 g/mol. The van der Waals surface area contributed by atoms with Crippen molar-refractivity contribution in [1.29, 1.82) is 0 Å². The molecule has 1 unspecified atom stereocenters. The van der Waals surface area contributed by atoms with Crippen LogP contribution in [0.2, 0.25) is 0 Å². The van der Waals surface area contributed by atoms with Crippen molar-refractivity contribution in [2.45, 2.75) is 12.6 Å². The zero-order valence-electron chi connectivity index (χ0n) is 9.76. The van der Waals surface area contributed by atoms with Gasteiger partial charge in [-0.2, -0.15) is 0 Å². The number of hydrogen-bond acceptors (Lipinski definition) is 6. The van der Waals surface area contributed by atoms with Crippen LogP contribution in [-0.4, -0.2) is 47.9 Å². The van der Waals surface area contributed by atoms with E-state index in [2.05, 4.69) is 15.3 Å². The molecular weight excluding hydrogens is 259 g/mol. The maximum atomic E-state index is 12.5. The van der Waals surface area contributed by atoms with E-state index in [9.17, 15) is 14.5 Å². The highest BCUT2D eigenvalue weighted by atomic mass is 19.1. The molecule has 19 heavy (non-hydrogen) atoms. The van der Waals surface area contributed by atoms with Gasteiger partial charge in [0.05, 0.1) is 19.3 Å². The molecule has 102 valence electrons. The zero-order valence-corrected chi connectivity index (χ0v) is 9.76. The van der Waals surface area contributed by atoms with Gasteiger partial charge in [-0.3, -0.25) is 0 Å². The highest BCUT2D eigenvalue weighted by molar-refractivity contribution is 5.13. The van der Waals surface area contributed by atoms with Crippen LogP contribution in [0.5, 0.6) is 0 Å². The van der Waals surface area contributed by atoms with Gasteiger partial charge in [0.25, 0.3) is 0 Å². The molecule has 10 heteroatoms. The van der Waals surface area contributed by atoms with Gasteiger partial charge in [-0.1, -0.05) is 5.21 Å². The van der Waals surface area contributed by atoms with Gasteiger partial charge in [-0.05, 0) is 9.91 Å². The summed E-state index contributed by atoms with van der Waals surface area (Å²) in [5.74, 6) is -0.260. The van der Waals surface area contributed by atoms with Crippen molar-refractivity contribution in [2.24, 2.45) is 0 Å². The second-order valence-electron chi connectivity index (χ2n) is 3.84. The second kappa shape index (κ2) is 5.52. The number of imidazole rings is 1. The van der Waals surface area contributed by atoms with E-state index in [0.717, 1.165) is 0 Å². The van der Waals surface area contributed by atoms with E-state index in [1.165, 1.54) is 28.0 Å². The third-order valence-electron chi connectivity index (χ3n) is 2.47. The third kappa shape index (κ3) is 2.91. The van der Waals surface area contributed by atoms with Gasteiger partial charge in [0.1, 0.15) is 24.6 Å². The molecule has 0 aliphatic heterocycles. The van der Waals surface area contributed by atoms with Crippen molar-refractivity contribution in [3.05, 3.63) is 34.5 Å². The molecule has 0 aliphatic carbocycles. The molecule has 0 aliphatic rings. The normalized spacial score (nSPS) is 12.5. The number of aliphatic hydroxyl groups excluding tert-OH is 1. The minimum atomic E-state index is -0.765. The molecule has 0 radical (unpaired) electrons. The molecule has 0 spiro atoms. The summed E-state index contributed by atoms with van der Waals surface area (Å²) in [6, 6.07) is -0.765. The summed E-state index contributed by atoms with van der Waals surface area (Å²) in [5.41, 5.74) is 0.485. The van der Waals surface area contributed by atoms with Gasteiger partial charge >= 0.3 is 5.82 Å². The number of halogens is 1. The van der Waals surface area contributed by atoms with E-state index in [4.69, 9.17) is 5.11 Å². The number of aromatic nitrogens is 5. The molecule has 2 heterocycles. The smallest absolute Gasteiger partial charge is 0.381 e. The van der Waals surface area contributed by atoms with Crippen LogP contribution >= 0.6 is 0 Å². The Morgan fingerprint density at radius 3 is 2.89 bits per heavy atom. The van der Waals surface area contributed by atoms with E-state index in [1.54, 1.807) is 0 Å². The van der Waals surface area contributed by atoms with Gasteiger partial charge in [-0.15, -0.1) is 5.10 Å². The number of hydrogen-bond donors (Lipinski definition) is 1. The maximum Gasteiger partial charge on any atom is 0.381 e. The van der Waals surface area contributed by atoms with Crippen molar-refractivity contribution < 1.29 is 14.4 Å². The van der Waals surface area contributed by atoms with Crippen LogP contribution < -0.4 is 0 Å². The Morgan fingerprint density at radius 2 is 2.32 bits per heavy atom. The van der Waals surface area contributed by atoms with Crippen molar-refractivity contribution in [3.63, 3.8) is 0 Å². The molecule has 2 aromatic heterocycles. The molecule has 1 N–H and O–H groups in total. The van der Waals surface area contributed by atoms with Crippen LogP contribution in [0.25, 0.3) is 0 Å². The lowest BCUT2D eigenvalue weighted by atomic mass is 10.3. The Bertz CT molecular complexity index is 564. The van der Waals surface area contributed by atoms with Gasteiger partial charge in [0, 0.05) is 0 Å². The molecule has 9 nitrogen and oxygen atoms in total. The van der Waals surface area contributed by atoms with Crippen molar-refractivity contribution in [2.75, 3.05) is 13.3 Å². The van der Waals surface area contributed by atoms with Crippen LogP contribution in [0.3, 0.4) is 0 Å². The first-order valence-electron chi connectivity index (χ1n) is 5.37. The minimum absolute atomic E-state index is 0.227. The summed E-state index contributed by atoms with van der Waals surface area (Å²) in [7, 11) is 0. The van der Waals surface area contributed by atoms with E-state index in [1.807, 2.05) is 0 Å². The summed E-state index contributed by atoms with van der Waals surface area (Å²) in [5, 5.41) is 26.9. The van der Waals surface area contributed by atoms with Crippen LogP contribution in [-0.2, 0) is 6.54 Å². The molecule has 0 saturated carbocycles. The number of rotatable bonds is 6. The summed E-state index contributed by atoms with van der Waals surface area (Å²) >= 11 is 0. The average Bonchev–Trinajstić information content (AvgIpc) is 3.01. The predicted molar refractivity (Wildman–Crippen MR) is 60.1 cm³/mol. The Hall–Kier alpha value is -2.36. The van der Waals surface area contributed by atoms with Crippen LogP contribution in [0.1, 0.15) is 11.7 Å². The van der Waals surface area contributed by atoms with Crippen molar-refractivity contribution in [1.82, 2.24) is 24.5 Å². The number of nitrogens with zero attached hydrogens (tertiary/aromatic N) is 6. The Balaban J connectivity index is 2.08. The quantitative estimate of drug-likeness (QED) is 0.581. The number of nitro groups is 1. The first-order valence-corrected chi connectivity index (χ1v) is 5.37. The summed E-state index contributed by atoms with van der Waals surface area (Å²) in [4.78, 5) is 13.5. The molecule has 2 aromatic rings. The summed E-state index contributed by atoms with van der Waals surface area (Å²) in [6.45, 7) is -0.906. The molecule has 1 atom stereocenters.